The number of fused-ring (bicyclic) bond motifs is 14. The Bertz CT molecular complexity index is 6150. The maximum Gasteiger partial charge on any atom is 0.256 e. The van der Waals surface area contributed by atoms with E-state index in [9.17, 15) is 0 Å². The van der Waals surface area contributed by atoms with Crippen molar-refractivity contribution >= 4 is 195 Å². The molecule has 6 heterocycles. The molecule has 0 unspecified atom stereocenters. The number of benzene rings is 15. The lowest BCUT2D eigenvalue weighted by Gasteiger charge is -2.47. The average Bonchev–Trinajstić information content (AvgIpc) is 0.927. The van der Waals surface area contributed by atoms with Gasteiger partial charge < -0.3 is 29.2 Å². The molecule has 0 radical (unpaired) electrons. The van der Waals surface area contributed by atoms with Gasteiger partial charge >= 0.3 is 0 Å². The van der Waals surface area contributed by atoms with Gasteiger partial charge in [0.15, 0.2) is 0 Å². The third kappa shape index (κ3) is 8.64. The van der Waals surface area contributed by atoms with Gasteiger partial charge in [-0.05, 0) is 166 Å². The summed E-state index contributed by atoms with van der Waals surface area (Å²) in [4.78, 5) is 12.7. The smallest absolute Gasteiger partial charge is 0.256 e. The lowest BCUT2D eigenvalue weighted by atomic mass is 9.30. The molecular formula is C90H57B2N5OS2. The van der Waals surface area contributed by atoms with Crippen molar-refractivity contribution in [1.29, 1.82) is 0 Å². The molecule has 10 heteroatoms. The molecule has 2 aromatic heterocycles. The second kappa shape index (κ2) is 22.6. The number of para-hydroxylation sites is 7. The van der Waals surface area contributed by atoms with E-state index in [1.165, 1.54) is 62.2 Å². The molecule has 0 atom stereocenters. The first kappa shape index (κ1) is 56.8. The van der Waals surface area contributed by atoms with Crippen molar-refractivity contribution in [3.8, 4) is 22.6 Å². The molecule has 17 aromatic rings. The Balaban J connectivity index is 0.880. The summed E-state index contributed by atoms with van der Waals surface area (Å²) in [5.74, 6) is 1.68. The van der Waals surface area contributed by atoms with E-state index in [1.54, 1.807) is 0 Å². The number of hydrogen-bond donors (Lipinski definition) is 0. The van der Waals surface area contributed by atoms with Crippen molar-refractivity contribution < 1.29 is 4.74 Å². The summed E-state index contributed by atoms with van der Waals surface area (Å²) < 4.78 is 12.5. The van der Waals surface area contributed by atoms with E-state index in [0.717, 1.165) is 119 Å². The highest BCUT2D eigenvalue weighted by molar-refractivity contribution is 7.26. The van der Waals surface area contributed by atoms with Gasteiger partial charge in [0.1, 0.15) is 11.5 Å². The van der Waals surface area contributed by atoms with Crippen LogP contribution in [0.25, 0.3) is 51.5 Å². The van der Waals surface area contributed by atoms with Gasteiger partial charge in [-0.3, -0.25) is 0 Å². The van der Waals surface area contributed by atoms with Crippen molar-refractivity contribution in [2.45, 2.75) is 0 Å². The first-order chi connectivity index (χ1) is 49.6. The van der Waals surface area contributed by atoms with Gasteiger partial charge in [0, 0.05) is 109 Å². The van der Waals surface area contributed by atoms with Crippen molar-refractivity contribution in [3.63, 3.8) is 0 Å². The highest BCUT2D eigenvalue weighted by Crippen LogP contribution is 2.54. The first-order valence-corrected chi connectivity index (χ1v) is 35.8. The standard InChI is InChI=1S/C90H57B2N5OS2/c1-6-28-58(29-7-1)65-38-16-21-43-72(65)97-77-57-76-70(56-71(77)92-69-42-20-23-47-81(69)98-82-55-64(54-80(97)90(82)92)94(60-32-10-3-11-33-60)75-46-27-51-86-88(75)67-40-18-25-49-84(67)100-86)91-68-41-19-22-44-73(68)95(61-34-12-4-13-35-61)78-52-63(53-79(89(78)91)96(76)62-36-14-5-15-37-62)93(59-30-8-2-9-31-59)74-45-26-50-85-87(74)66-39-17-24-48-83(66)99-85/h1-57H. The summed E-state index contributed by atoms with van der Waals surface area (Å²) >= 11 is 3.70. The summed E-state index contributed by atoms with van der Waals surface area (Å²) in [6.45, 7) is -0.439. The van der Waals surface area contributed by atoms with Crippen molar-refractivity contribution in [2.75, 3.05) is 24.5 Å². The molecule has 0 bridgehead atoms. The summed E-state index contributed by atoms with van der Waals surface area (Å²) in [7, 11) is 0. The molecule has 0 spiro atoms. The van der Waals surface area contributed by atoms with Crippen molar-refractivity contribution in [2.24, 2.45) is 0 Å². The van der Waals surface area contributed by atoms with Gasteiger partial charge in [-0.2, -0.15) is 0 Å². The number of anilines is 15. The van der Waals surface area contributed by atoms with E-state index in [-0.39, 0.29) is 13.4 Å². The minimum Gasteiger partial charge on any atom is -0.458 e. The highest BCUT2D eigenvalue weighted by Gasteiger charge is 2.49. The lowest BCUT2D eigenvalue weighted by molar-refractivity contribution is 0.487. The van der Waals surface area contributed by atoms with Crippen LogP contribution in [0.4, 0.5) is 85.3 Å². The molecule has 466 valence electrons. The topological polar surface area (TPSA) is 25.4 Å². The van der Waals surface area contributed by atoms with Crippen molar-refractivity contribution in [1.82, 2.24) is 0 Å². The predicted molar refractivity (Wildman–Crippen MR) is 427 cm³/mol. The van der Waals surface area contributed by atoms with E-state index >= 15 is 0 Å². The fraction of sp³-hybridized carbons (Fsp3) is 0. The largest absolute Gasteiger partial charge is 0.458 e. The van der Waals surface area contributed by atoms with Gasteiger partial charge in [-0.25, -0.2) is 0 Å². The number of rotatable bonds is 10. The molecule has 4 aliphatic rings. The Morgan fingerprint density at radius 3 is 1.31 bits per heavy atom. The Kier molecular flexibility index (Phi) is 12.9. The van der Waals surface area contributed by atoms with Crippen LogP contribution in [0.2, 0.25) is 0 Å². The molecule has 100 heavy (non-hydrogen) atoms. The van der Waals surface area contributed by atoms with Gasteiger partial charge in [0.2, 0.25) is 0 Å². The van der Waals surface area contributed by atoms with Crippen LogP contribution in [0.1, 0.15) is 0 Å². The third-order valence-electron chi connectivity index (χ3n) is 20.8. The van der Waals surface area contributed by atoms with Gasteiger partial charge in [0.25, 0.3) is 13.4 Å². The maximum absolute atomic E-state index is 7.51. The van der Waals surface area contributed by atoms with E-state index < -0.39 is 0 Å². The van der Waals surface area contributed by atoms with Gasteiger partial charge in [-0.1, -0.05) is 212 Å². The fourth-order valence-corrected chi connectivity index (χ4v) is 19.0. The summed E-state index contributed by atoms with van der Waals surface area (Å²) in [5, 5.41) is 4.94. The second-order valence-electron chi connectivity index (χ2n) is 26.2. The first-order valence-electron chi connectivity index (χ1n) is 34.2. The Hall–Kier alpha value is -12.3. The minimum atomic E-state index is -0.234. The SMILES string of the molecule is c1ccc(-c2ccccc2N2c3cc4c(cc3B3c5ccccc5Oc5cc(N(c6ccccc6)c6cccc7sc8ccccc8c67)cc2c53)B2c3ccccc3N(c3ccccc3)c3cc(N(c5ccccc5)c5cccc6sc7ccccc7c56)cc(c32)N4c2ccccc2)cc1. The van der Waals surface area contributed by atoms with E-state index in [1.807, 2.05) is 22.7 Å². The zero-order chi connectivity index (χ0) is 65.5. The molecule has 0 saturated carbocycles. The predicted octanol–water partition coefficient (Wildman–Crippen LogP) is 21.5. The van der Waals surface area contributed by atoms with Gasteiger partial charge in [0.05, 0.1) is 28.4 Å². The zero-order valence-electron chi connectivity index (χ0n) is 54.0. The number of nitrogens with zero attached hydrogens (tertiary/aromatic N) is 5. The molecule has 0 amide bonds. The molecule has 0 saturated heterocycles. The van der Waals surface area contributed by atoms with Crippen LogP contribution < -0.4 is 62.0 Å². The van der Waals surface area contributed by atoms with Crippen LogP contribution in [0, 0.1) is 0 Å². The van der Waals surface area contributed by atoms with Crippen LogP contribution in [0.15, 0.2) is 346 Å². The van der Waals surface area contributed by atoms with Crippen LogP contribution >= 0.6 is 22.7 Å². The van der Waals surface area contributed by atoms with Crippen LogP contribution in [-0.4, -0.2) is 13.4 Å². The van der Waals surface area contributed by atoms with Crippen molar-refractivity contribution in [3.05, 3.63) is 346 Å². The molecule has 0 fully saturated rings. The molecule has 6 nitrogen and oxygen atoms in total. The maximum atomic E-state index is 7.51. The molecule has 15 aromatic carbocycles. The van der Waals surface area contributed by atoms with Crippen LogP contribution in [-0.2, 0) is 0 Å². The Morgan fingerprint density at radius 2 is 0.710 bits per heavy atom. The molecule has 0 N–H and O–H groups in total. The molecule has 21 rings (SSSR count). The zero-order valence-corrected chi connectivity index (χ0v) is 55.7. The van der Waals surface area contributed by atoms with Crippen LogP contribution in [0.3, 0.4) is 0 Å². The normalized spacial score (nSPS) is 13.0. The Labute approximate surface area is 588 Å². The summed E-state index contributed by atoms with van der Waals surface area (Å²) in [5.41, 5.74) is 25.6. The Morgan fingerprint density at radius 1 is 0.270 bits per heavy atom. The monoisotopic (exact) mass is 1310 g/mol. The van der Waals surface area contributed by atoms with Crippen LogP contribution in [0.5, 0.6) is 11.5 Å². The molecule has 4 aliphatic heterocycles. The number of ether oxygens (including phenoxy) is 1. The molecular weight excluding hydrogens is 1250 g/mol. The second-order valence-corrected chi connectivity index (χ2v) is 28.4. The average molecular weight is 1310 g/mol. The number of thiophene rings is 2. The minimum absolute atomic E-state index is 0.205. The van der Waals surface area contributed by atoms with E-state index in [4.69, 9.17) is 4.74 Å². The third-order valence-corrected chi connectivity index (χ3v) is 23.1. The lowest BCUT2D eigenvalue weighted by Crippen LogP contribution is -2.64. The number of hydrogen-bond acceptors (Lipinski definition) is 8. The summed E-state index contributed by atoms with van der Waals surface area (Å²) in [6.07, 6.45) is 0. The fourth-order valence-electron chi connectivity index (χ4n) is 16.8. The quantitative estimate of drug-likeness (QED) is 0.127. The summed E-state index contributed by atoms with van der Waals surface area (Å²) in [6, 6.07) is 128. The van der Waals surface area contributed by atoms with E-state index in [2.05, 4.69) is 370 Å². The molecule has 0 aliphatic carbocycles. The van der Waals surface area contributed by atoms with Gasteiger partial charge in [-0.15, -0.1) is 22.7 Å². The highest BCUT2D eigenvalue weighted by atomic mass is 32.1. The van der Waals surface area contributed by atoms with E-state index in [0.29, 0.717) is 0 Å².